The average molecular weight is 385 g/mol. The van der Waals surface area contributed by atoms with E-state index in [9.17, 15) is 4.79 Å². The number of aromatic nitrogens is 1. The van der Waals surface area contributed by atoms with E-state index in [0.29, 0.717) is 6.54 Å². The van der Waals surface area contributed by atoms with Crippen molar-refractivity contribution in [1.82, 2.24) is 10.3 Å². The maximum absolute atomic E-state index is 12.4. The van der Waals surface area contributed by atoms with E-state index in [0.717, 1.165) is 33.5 Å². The Morgan fingerprint density at radius 1 is 0.966 bits per heavy atom. The second-order valence-corrected chi connectivity index (χ2v) is 6.82. The van der Waals surface area contributed by atoms with E-state index >= 15 is 0 Å². The fraction of sp³-hybridized carbons (Fsp3) is 0.125. The first kappa shape index (κ1) is 18.6. The Labute approximate surface area is 169 Å². The van der Waals surface area contributed by atoms with Crippen LogP contribution in [-0.4, -0.2) is 24.7 Å². The van der Waals surface area contributed by atoms with E-state index in [1.165, 1.54) is 0 Å². The van der Waals surface area contributed by atoms with Crippen LogP contribution >= 0.6 is 0 Å². The van der Waals surface area contributed by atoms with E-state index in [2.05, 4.69) is 27.8 Å². The van der Waals surface area contributed by atoms with Crippen molar-refractivity contribution in [2.24, 2.45) is 0 Å². The lowest BCUT2D eigenvalue weighted by Gasteiger charge is -2.19. The van der Waals surface area contributed by atoms with Crippen molar-refractivity contribution in [3.05, 3.63) is 96.2 Å². The molecule has 3 N–H and O–H groups in total. The third-order valence-electron chi connectivity index (χ3n) is 5.01. The van der Waals surface area contributed by atoms with Gasteiger partial charge in [-0.1, -0.05) is 48.5 Å². The molecule has 146 valence electrons. The Morgan fingerprint density at radius 2 is 1.69 bits per heavy atom. The summed E-state index contributed by atoms with van der Waals surface area (Å²) in [6.45, 7) is 0.465. The number of nitrogens with one attached hydrogen (secondary N) is 3. The highest BCUT2D eigenvalue weighted by molar-refractivity contribution is 5.89. The Hall–Kier alpha value is -3.73. The fourth-order valence-corrected chi connectivity index (χ4v) is 3.52. The van der Waals surface area contributed by atoms with Gasteiger partial charge in [-0.25, -0.2) is 4.79 Å². The third-order valence-corrected chi connectivity index (χ3v) is 5.01. The largest absolute Gasteiger partial charge is 0.497 e. The van der Waals surface area contributed by atoms with E-state index in [1.807, 2.05) is 72.9 Å². The lowest BCUT2D eigenvalue weighted by Crippen LogP contribution is -2.32. The molecule has 0 saturated heterocycles. The van der Waals surface area contributed by atoms with Crippen LogP contribution < -0.4 is 15.4 Å². The second kappa shape index (κ2) is 8.52. The number of carbonyl (C=O) groups is 1. The molecular weight excluding hydrogens is 362 g/mol. The number of hydrogen-bond donors (Lipinski definition) is 3. The highest BCUT2D eigenvalue weighted by Gasteiger charge is 2.19. The average Bonchev–Trinajstić information content (AvgIpc) is 3.19. The number of hydrogen-bond acceptors (Lipinski definition) is 2. The minimum atomic E-state index is -0.227. The number of amides is 2. The predicted octanol–water partition coefficient (Wildman–Crippen LogP) is 5.13. The van der Waals surface area contributed by atoms with Gasteiger partial charge in [-0.05, 0) is 41.5 Å². The van der Waals surface area contributed by atoms with Gasteiger partial charge in [0.2, 0.25) is 0 Å². The molecule has 0 spiro atoms. The number of ether oxygens (including phenoxy) is 1. The lowest BCUT2D eigenvalue weighted by molar-refractivity contribution is 0.252. The summed E-state index contributed by atoms with van der Waals surface area (Å²) in [5.41, 5.74) is 4.09. The summed E-state index contributed by atoms with van der Waals surface area (Å²) in [7, 11) is 1.65. The highest BCUT2D eigenvalue weighted by atomic mass is 16.5. The zero-order valence-electron chi connectivity index (χ0n) is 16.2. The van der Waals surface area contributed by atoms with Crippen LogP contribution in [0.25, 0.3) is 10.9 Å². The van der Waals surface area contributed by atoms with Crippen molar-refractivity contribution in [3.8, 4) is 5.75 Å². The summed E-state index contributed by atoms with van der Waals surface area (Å²) >= 11 is 0. The molecule has 5 nitrogen and oxygen atoms in total. The first-order chi connectivity index (χ1) is 14.2. The number of benzene rings is 3. The van der Waals surface area contributed by atoms with Crippen molar-refractivity contribution in [3.63, 3.8) is 0 Å². The standard InChI is InChI=1S/C24H23N3O2/c1-29-19-13-11-17(12-14-19)21(22-16-25-23-10-6-5-9-20(22)23)15-26-24(28)27-18-7-3-2-4-8-18/h2-14,16,21,25H,15H2,1H3,(H2,26,27,28)/t21-/m0/s1. The van der Waals surface area contributed by atoms with Crippen molar-refractivity contribution in [2.75, 3.05) is 19.0 Å². The Balaban J connectivity index is 1.58. The Bertz CT molecular complexity index is 1090. The number of aromatic amines is 1. The zero-order valence-corrected chi connectivity index (χ0v) is 16.2. The molecule has 2 amide bonds. The molecule has 0 saturated carbocycles. The molecule has 3 aromatic carbocycles. The topological polar surface area (TPSA) is 66.2 Å². The van der Waals surface area contributed by atoms with Gasteiger partial charge in [0.25, 0.3) is 0 Å². The van der Waals surface area contributed by atoms with Crippen LogP contribution in [0.1, 0.15) is 17.0 Å². The molecule has 5 heteroatoms. The van der Waals surface area contributed by atoms with Crippen LogP contribution in [0, 0.1) is 0 Å². The van der Waals surface area contributed by atoms with Gasteiger partial charge >= 0.3 is 6.03 Å². The molecule has 0 aliphatic carbocycles. The zero-order chi connectivity index (χ0) is 20.1. The van der Waals surface area contributed by atoms with Crippen LogP contribution in [0.2, 0.25) is 0 Å². The summed E-state index contributed by atoms with van der Waals surface area (Å²) in [6.07, 6.45) is 2.02. The number of rotatable bonds is 6. The molecule has 0 bridgehead atoms. The Morgan fingerprint density at radius 3 is 2.45 bits per heavy atom. The first-order valence-electron chi connectivity index (χ1n) is 9.54. The molecule has 4 aromatic rings. The molecule has 0 aliphatic rings. The molecule has 1 aromatic heterocycles. The number of methoxy groups -OCH3 is 1. The van der Waals surface area contributed by atoms with Crippen LogP contribution in [0.3, 0.4) is 0 Å². The van der Waals surface area contributed by atoms with E-state index in [-0.39, 0.29) is 11.9 Å². The van der Waals surface area contributed by atoms with Gasteiger partial charge in [0, 0.05) is 35.2 Å². The molecule has 1 atom stereocenters. The van der Waals surface area contributed by atoms with Crippen LogP contribution in [0.15, 0.2) is 85.1 Å². The fourth-order valence-electron chi connectivity index (χ4n) is 3.52. The smallest absolute Gasteiger partial charge is 0.319 e. The maximum Gasteiger partial charge on any atom is 0.319 e. The number of para-hydroxylation sites is 2. The Kier molecular flexibility index (Phi) is 5.47. The number of H-pyrrole nitrogens is 1. The second-order valence-electron chi connectivity index (χ2n) is 6.82. The number of urea groups is 1. The van der Waals surface area contributed by atoms with Gasteiger partial charge in [0.1, 0.15) is 5.75 Å². The van der Waals surface area contributed by atoms with Crippen molar-refractivity contribution in [2.45, 2.75) is 5.92 Å². The van der Waals surface area contributed by atoms with E-state index < -0.39 is 0 Å². The summed E-state index contributed by atoms with van der Waals surface area (Å²) < 4.78 is 5.29. The first-order valence-corrected chi connectivity index (χ1v) is 9.54. The van der Waals surface area contributed by atoms with Crippen molar-refractivity contribution in [1.29, 1.82) is 0 Å². The van der Waals surface area contributed by atoms with Crippen molar-refractivity contribution < 1.29 is 9.53 Å². The summed E-state index contributed by atoms with van der Waals surface area (Å²) in [5.74, 6) is 0.805. The molecule has 29 heavy (non-hydrogen) atoms. The van der Waals surface area contributed by atoms with Gasteiger partial charge in [-0.2, -0.15) is 0 Å². The molecule has 0 radical (unpaired) electrons. The molecule has 0 fully saturated rings. The summed E-state index contributed by atoms with van der Waals surface area (Å²) in [5, 5.41) is 7.04. The molecule has 0 aliphatic heterocycles. The normalized spacial score (nSPS) is 11.8. The van der Waals surface area contributed by atoms with Crippen LogP contribution in [0.4, 0.5) is 10.5 Å². The minimum absolute atomic E-state index is 0.00132. The van der Waals surface area contributed by atoms with Crippen molar-refractivity contribution >= 4 is 22.6 Å². The SMILES string of the molecule is COc1ccc([C@H](CNC(=O)Nc2ccccc2)c2c[nH]c3ccccc23)cc1. The number of anilines is 1. The van der Waals surface area contributed by atoms with Crippen LogP contribution in [-0.2, 0) is 0 Å². The van der Waals surface area contributed by atoms with Gasteiger partial charge in [0.05, 0.1) is 7.11 Å². The van der Waals surface area contributed by atoms with Crippen LogP contribution in [0.5, 0.6) is 5.75 Å². The van der Waals surface area contributed by atoms with Gasteiger partial charge in [0.15, 0.2) is 0 Å². The predicted molar refractivity (Wildman–Crippen MR) is 117 cm³/mol. The van der Waals surface area contributed by atoms with E-state index in [4.69, 9.17) is 4.74 Å². The number of carbonyl (C=O) groups excluding carboxylic acids is 1. The number of fused-ring (bicyclic) bond motifs is 1. The quantitative estimate of drug-likeness (QED) is 0.431. The molecular formula is C24H23N3O2. The lowest BCUT2D eigenvalue weighted by atomic mass is 9.91. The summed E-state index contributed by atoms with van der Waals surface area (Å²) in [4.78, 5) is 15.8. The third kappa shape index (κ3) is 4.24. The summed E-state index contributed by atoms with van der Waals surface area (Å²) in [6, 6.07) is 25.4. The highest BCUT2D eigenvalue weighted by Crippen LogP contribution is 2.31. The minimum Gasteiger partial charge on any atom is -0.497 e. The van der Waals surface area contributed by atoms with Gasteiger partial charge in [-0.3, -0.25) is 0 Å². The monoisotopic (exact) mass is 385 g/mol. The molecule has 0 unspecified atom stereocenters. The van der Waals surface area contributed by atoms with Gasteiger partial charge < -0.3 is 20.4 Å². The molecule has 4 rings (SSSR count). The molecule has 1 heterocycles. The van der Waals surface area contributed by atoms with E-state index in [1.54, 1.807) is 7.11 Å². The maximum atomic E-state index is 12.4. The van der Waals surface area contributed by atoms with Gasteiger partial charge in [-0.15, -0.1) is 0 Å².